The van der Waals surface area contributed by atoms with E-state index in [-0.39, 0.29) is 16.6 Å². The Morgan fingerprint density at radius 3 is 2.45 bits per heavy atom. The van der Waals surface area contributed by atoms with Crippen molar-refractivity contribution in [3.05, 3.63) is 42.5 Å². The number of nitrogens with zero attached hydrogens (tertiary/aromatic N) is 2. The maximum absolute atomic E-state index is 12.6. The third-order valence-corrected chi connectivity index (χ3v) is 6.97. The Bertz CT molecular complexity index is 1060. The van der Waals surface area contributed by atoms with Crippen LogP contribution in [-0.4, -0.2) is 46.0 Å². The highest BCUT2D eigenvalue weighted by Crippen LogP contribution is 2.34. The number of thioether (sulfide) groups is 1. The van der Waals surface area contributed by atoms with Crippen molar-refractivity contribution in [1.29, 1.82) is 0 Å². The molecule has 0 aliphatic carbocycles. The molecule has 166 valence electrons. The van der Waals surface area contributed by atoms with Crippen molar-refractivity contribution in [3.8, 4) is 11.5 Å². The van der Waals surface area contributed by atoms with Gasteiger partial charge in [-0.2, -0.15) is 8.42 Å². The first-order valence-electron chi connectivity index (χ1n) is 9.75. The minimum absolute atomic E-state index is 0.00132. The fraction of sp³-hybridized carbons (Fsp3) is 0.333. The van der Waals surface area contributed by atoms with Crippen LogP contribution in [-0.2, 0) is 14.8 Å². The van der Waals surface area contributed by atoms with Gasteiger partial charge >= 0.3 is 0 Å². The quantitative estimate of drug-likeness (QED) is 0.637. The van der Waals surface area contributed by atoms with Crippen LogP contribution in [0.25, 0.3) is 0 Å². The monoisotopic (exact) mass is 463 g/mol. The highest BCUT2D eigenvalue weighted by atomic mass is 32.2. The molecule has 1 aliphatic heterocycles. The van der Waals surface area contributed by atoms with E-state index >= 15 is 0 Å². The Labute approximate surface area is 186 Å². The van der Waals surface area contributed by atoms with E-state index in [0.717, 1.165) is 24.6 Å². The Kier molecular flexibility index (Phi) is 7.45. The van der Waals surface area contributed by atoms with Gasteiger partial charge in [0.1, 0.15) is 16.4 Å². The van der Waals surface area contributed by atoms with Gasteiger partial charge in [0.05, 0.1) is 25.7 Å². The number of para-hydroxylation sites is 1. The smallest absolute Gasteiger partial charge is 0.286 e. The van der Waals surface area contributed by atoms with E-state index in [4.69, 9.17) is 9.47 Å². The topological polar surface area (TPSA) is 97.3 Å². The highest BCUT2D eigenvalue weighted by molar-refractivity contribution is 8.15. The van der Waals surface area contributed by atoms with E-state index in [1.54, 1.807) is 42.5 Å². The minimum Gasteiger partial charge on any atom is -0.497 e. The number of rotatable bonds is 8. The number of methoxy groups -OCH3 is 2. The fourth-order valence-electron chi connectivity index (χ4n) is 3.05. The van der Waals surface area contributed by atoms with Crippen molar-refractivity contribution in [1.82, 2.24) is 0 Å². The van der Waals surface area contributed by atoms with Crippen LogP contribution in [0, 0.1) is 0 Å². The largest absolute Gasteiger partial charge is 0.497 e. The van der Waals surface area contributed by atoms with E-state index in [1.807, 2.05) is 4.90 Å². The lowest BCUT2D eigenvalue weighted by Gasteiger charge is -2.30. The maximum Gasteiger partial charge on any atom is 0.286 e. The average molecular weight is 464 g/mol. The first kappa shape index (κ1) is 23.0. The van der Waals surface area contributed by atoms with E-state index in [0.29, 0.717) is 34.6 Å². The summed E-state index contributed by atoms with van der Waals surface area (Å²) >= 11 is 1.09. The molecule has 1 aliphatic rings. The van der Waals surface area contributed by atoms with E-state index < -0.39 is 10.0 Å². The molecule has 2 aromatic carbocycles. The van der Waals surface area contributed by atoms with E-state index in [9.17, 15) is 13.2 Å². The van der Waals surface area contributed by atoms with Crippen LogP contribution in [0.4, 0.5) is 11.4 Å². The second-order valence-corrected chi connectivity index (χ2v) is 9.28. The lowest BCUT2D eigenvalue weighted by atomic mass is 10.2. The number of unbranched alkanes of at least 4 members (excludes halogenated alkanes) is 1. The van der Waals surface area contributed by atoms with Crippen LogP contribution in [0.1, 0.15) is 19.8 Å². The summed E-state index contributed by atoms with van der Waals surface area (Å²) in [5.41, 5.74) is 1.11. The summed E-state index contributed by atoms with van der Waals surface area (Å²) in [7, 11) is -0.757. The number of carbonyl (C=O) groups excluding carboxylic acids is 1. The molecular weight excluding hydrogens is 438 g/mol. The standard InChI is InChI=1S/C21H25N3O5S2/c1-4-5-10-24-18-8-6-7-9-19(18)31(26,27)23-21(24)30-14-20(25)22-15-11-16(28-2)13-17(12-15)29-3/h6-9,11-13H,4-5,10,14H2,1-3H3,(H,22,25). The number of nitrogens with one attached hydrogen (secondary N) is 1. The van der Waals surface area contributed by atoms with E-state index in [2.05, 4.69) is 16.6 Å². The van der Waals surface area contributed by atoms with Crippen molar-refractivity contribution >= 4 is 44.2 Å². The Morgan fingerprint density at radius 1 is 1.13 bits per heavy atom. The number of benzene rings is 2. The van der Waals surface area contributed by atoms with Gasteiger partial charge in [-0.3, -0.25) is 4.79 Å². The molecule has 0 radical (unpaired) electrons. The van der Waals surface area contributed by atoms with Gasteiger partial charge in [-0.25, -0.2) is 0 Å². The van der Waals surface area contributed by atoms with Gasteiger partial charge in [-0.1, -0.05) is 37.2 Å². The summed E-state index contributed by atoms with van der Waals surface area (Å²) in [6, 6.07) is 11.9. The lowest BCUT2D eigenvalue weighted by Crippen LogP contribution is -2.35. The zero-order valence-corrected chi connectivity index (χ0v) is 19.3. The van der Waals surface area contributed by atoms with Gasteiger partial charge in [-0.15, -0.1) is 4.40 Å². The number of anilines is 2. The molecule has 2 aromatic rings. The molecule has 1 amide bonds. The lowest BCUT2D eigenvalue weighted by molar-refractivity contribution is -0.113. The summed E-state index contributed by atoms with van der Waals surface area (Å²) in [4.78, 5) is 14.6. The average Bonchev–Trinajstić information content (AvgIpc) is 2.76. The molecule has 1 heterocycles. The molecular formula is C21H25N3O5S2. The molecule has 0 saturated heterocycles. The van der Waals surface area contributed by atoms with Crippen LogP contribution in [0.3, 0.4) is 0 Å². The summed E-state index contributed by atoms with van der Waals surface area (Å²) in [5.74, 6) is 0.799. The number of fused-ring (bicyclic) bond motifs is 1. The number of amides is 1. The van der Waals surface area contributed by atoms with Gasteiger partial charge in [0.2, 0.25) is 5.91 Å². The van der Waals surface area contributed by atoms with Gasteiger partial charge < -0.3 is 19.7 Å². The van der Waals surface area contributed by atoms with Crippen LogP contribution in [0.5, 0.6) is 11.5 Å². The number of carbonyl (C=O) groups is 1. The van der Waals surface area contributed by atoms with Gasteiger partial charge in [-0.05, 0) is 18.6 Å². The number of amidine groups is 1. The van der Waals surface area contributed by atoms with E-state index in [1.165, 1.54) is 14.2 Å². The SMILES string of the molecule is CCCCN1C(SCC(=O)Nc2cc(OC)cc(OC)c2)=NS(=O)(=O)c2ccccc21. The maximum atomic E-state index is 12.6. The van der Waals surface area contributed by atoms with Gasteiger partial charge in [0, 0.05) is 30.4 Å². The van der Waals surface area contributed by atoms with Crippen molar-refractivity contribution in [2.24, 2.45) is 4.40 Å². The molecule has 0 fully saturated rings. The van der Waals surface area contributed by atoms with Crippen molar-refractivity contribution in [2.45, 2.75) is 24.7 Å². The fourth-order valence-corrected chi connectivity index (χ4v) is 5.32. The predicted molar refractivity (Wildman–Crippen MR) is 124 cm³/mol. The molecule has 10 heteroatoms. The Morgan fingerprint density at radius 2 is 1.81 bits per heavy atom. The molecule has 8 nitrogen and oxygen atoms in total. The van der Waals surface area contributed by atoms with Crippen molar-refractivity contribution in [3.63, 3.8) is 0 Å². The number of sulfonamides is 1. The molecule has 0 aromatic heterocycles. The second-order valence-electron chi connectivity index (χ2n) is 6.76. The molecule has 0 unspecified atom stereocenters. The van der Waals surface area contributed by atoms with Crippen molar-refractivity contribution in [2.75, 3.05) is 36.7 Å². The number of ether oxygens (including phenoxy) is 2. The molecule has 0 spiro atoms. The summed E-state index contributed by atoms with van der Waals surface area (Å²) in [6.45, 7) is 2.68. The molecule has 3 rings (SSSR count). The summed E-state index contributed by atoms with van der Waals surface area (Å²) < 4.78 is 39.7. The zero-order chi connectivity index (χ0) is 22.4. The second kappa shape index (κ2) is 10.1. The third kappa shape index (κ3) is 5.50. The Balaban J connectivity index is 1.76. The van der Waals surface area contributed by atoms with Crippen LogP contribution in [0.15, 0.2) is 51.8 Å². The van der Waals surface area contributed by atoms with Crippen LogP contribution in [0.2, 0.25) is 0 Å². The first-order valence-corrected chi connectivity index (χ1v) is 12.2. The van der Waals surface area contributed by atoms with Crippen LogP contribution < -0.4 is 19.7 Å². The highest BCUT2D eigenvalue weighted by Gasteiger charge is 2.30. The minimum atomic E-state index is -3.81. The normalized spacial score (nSPS) is 14.4. The Hall–Kier alpha value is -2.72. The molecule has 0 atom stereocenters. The summed E-state index contributed by atoms with van der Waals surface area (Å²) in [5, 5.41) is 3.08. The predicted octanol–water partition coefficient (Wildman–Crippen LogP) is 3.74. The molecule has 0 saturated carbocycles. The van der Waals surface area contributed by atoms with Gasteiger partial charge in [0.15, 0.2) is 5.17 Å². The molecule has 0 bridgehead atoms. The first-order chi connectivity index (χ1) is 14.9. The number of hydrogen-bond donors (Lipinski definition) is 1. The zero-order valence-electron chi connectivity index (χ0n) is 17.6. The third-order valence-electron chi connectivity index (χ3n) is 4.57. The summed E-state index contributed by atoms with van der Waals surface area (Å²) in [6.07, 6.45) is 1.81. The molecule has 1 N–H and O–H groups in total. The van der Waals surface area contributed by atoms with Crippen LogP contribution >= 0.6 is 11.8 Å². The molecule has 31 heavy (non-hydrogen) atoms. The number of hydrogen-bond acceptors (Lipinski definition) is 7. The van der Waals surface area contributed by atoms with Gasteiger partial charge in [0.25, 0.3) is 10.0 Å². The van der Waals surface area contributed by atoms with Crippen molar-refractivity contribution < 1.29 is 22.7 Å².